The minimum Gasteiger partial charge on any atom is -0.299 e. The Morgan fingerprint density at radius 2 is 1.71 bits per heavy atom. The van der Waals surface area contributed by atoms with E-state index in [4.69, 9.17) is 0 Å². The van der Waals surface area contributed by atoms with Crippen LogP contribution < -0.4 is 0 Å². The third kappa shape index (κ3) is 2.59. The first kappa shape index (κ1) is 10.2. The maximum Gasteiger partial charge on any atom is 0.136 e. The summed E-state index contributed by atoms with van der Waals surface area (Å²) in [4.78, 5) is 11.9. The van der Waals surface area contributed by atoms with Crippen molar-refractivity contribution in [2.75, 3.05) is 0 Å². The fraction of sp³-hybridized carbons (Fsp3) is 0.923. The fourth-order valence-electron chi connectivity index (χ4n) is 2.49. The Morgan fingerprint density at radius 3 is 2.21 bits per heavy atom. The predicted molar refractivity (Wildman–Crippen MR) is 58.1 cm³/mol. The minimum atomic E-state index is 0.420. The van der Waals surface area contributed by atoms with Gasteiger partial charge in [-0.15, -0.1) is 0 Å². The molecule has 2 fully saturated rings. The van der Waals surface area contributed by atoms with E-state index < -0.39 is 0 Å². The van der Waals surface area contributed by atoms with E-state index in [9.17, 15) is 4.79 Å². The molecule has 0 amide bonds. The monoisotopic (exact) mass is 194 g/mol. The molecule has 0 aromatic carbocycles. The lowest BCUT2D eigenvalue weighted by atomic mass is 9.71. The first-order valence-corrected chi connectivity index (χ1v) is 6.09. The highest BCUT2D eigenvalue weighted by Crippen LogP contribution is 2.40. The molecular formula is C13H22O. The van der Waals surface area contributed by atoms with Gasteiger partial charge in [-0.25, -0.2) is 0 Å². The van der Waals surface area contributed by atoms with Gasteiger partial charge in [0.15, 0.2) is 0 Å². The number of carbonyl (C=O) groups excluding carboxylic acids is 1. The molecule has 0 N–H and O–H groups in total. The fourth-order valence-corrected chi connectivity index (χ4v) is 2.49. The molecule has 0 aromatic heterocycles. The van der Waals surface area contributed by atoms with Crippen molar-refractivity contribution in [3.8, 4) is 0 Å². The Morgan fingerprint density at radius 1 is 1.14 bits per heavy atom. The van der Waals surface area contributed by atoms with Crippen LogP contribution >= 0.6 is 0 Å². The van der Waals surface area contributed by atoms with Crippen molar-refractivity contribution in [2.24, 2.45) is 17.3 Å². The van der Waals surface area contributed by atoms with E-state index in [1.165, 1.54) is 25.7 Å². The van der Waals surface area contributed by atoms with Gasteiger partial charge < -0.3 is 0 Å². The second-order valence-corrected chi connectivity index (χ2v) is 6.05. The molecule has 0 atom stereocenters. The standard InChI is InChI=1S/C13H22O/c1-13(2)7-5-11(6-8-13)12(14)9-10-3-4-10/h10-11H,3-9H2,1-2H3. The maximum atomic E-state index is 11.9. The number of hydrogen-bond donors (Lipinski definition) is 0. The lowest BCUT2D eigenvalue weighted by Gasteiger charge is -2.33. The largest absolute Gasteiger partial charge is 0.299 e. The normalized spacial score (nSPS) is 27.6. The summed E-state index contributed by atoms with van der Waals surface area (Å²) >= 11 is 0. The molecule has 0 bridgehead atoms. The zero-order valence-electron chi connectivity index (χ0n) is 9.51. The zero-order chi connectivity index (χ0) is 10.2. The highest BCUT2D eigenvalue weighted by molar-refractivity contribution is 5.81. The van der Waals surface area contributed by atoms with Crippen molar-refractivity contribution in [3.05, 3.63) is 0 Å². The van der Waals surface area contributed by atoms with Gasteiger partial charge in [0.05, 0.1) is 0 Å². The van der Waals surface area contributed by atoms with Crippen molar-refractivity contribution in [2.45, 2.75) is 58.8 Å². The van der Waals surface area contributed by atoms with E-state index in [0.29, 0.717) is 17.1 Å². The van der Waals surface area contributed by atoms with Gasteiger partial charge in [0.2, 0.25) is 0 Å². The SMILES string of the molecule is CC1(C)CCC(C(=O)CC2CC2)CC1. The van der Waals surface area contributed by atoms with Gasteiger partial charge in [-0.3, -0.25) is 4.79 Å². The summed E-state index contributed by atoms with van der Waals surface area (Å²) in [6.07, 6.45) is 8.30. The van der Waals surface area contributed by atoms with Crippen LogP contribution in [0.4, 0.5) is 0 Å². The van der Waals surface area contributed by atoms with Crippen LogP contribution in [0.5, 0.6) is 0 Å². The quantitative estimate of drug-likeness (QED) is 0.671. The van der Waals surface area contributed by atoms with Crippen molar-refractivity contribution < 1.29 is 4.79 Å². The third-order valence-electron chi connectivity index (χ3n) is 3.98. The molecule has 80 valence electrons. The van der Waals surface area contributed by atoms with E-state index in [1.807, 2.05) is 0 Å². The molecule has 1 heteroatoms. The Labute approximate surface area is 87.3 Å². The number of hydrogen-bond acceptors (Lipinski definition) is 1. The van der Waals surface area contributed by atoms with Crippen LogP contribution in [0, 0.1) is 17.3 Å². The van der Waals surface area contributed by atoms with Gasteiger partial charge >= 0.3 is 0 Å². The van der Waals surface area contributed by atoms with Crippen molar-refractivity contribution in [3.63, 3.8) is 0 Å². The lowest BCUT2D eigenvalue weighted by molar-refractivity contribution is -0.124. The molecule has 0 aliphatic heterocycles. The lowest BCUT2D eigenvalue weighted by Crippen LogP contribution is -2.26. The number of carbonyl (C=O) groups is 1. The number of ketones is 1. The summed E-state index contributed by atoms with van der Waals surface area (Å²) in [5.74, 6) is 1.77. The van der Waals surface area contributed by atoms with Crippen LogP contribution in [0.1, 0.15) is 58.8 Å². The molecule has 0 heterocycles. The first-order valence-electron chi connectivity index (χ1n) is 6.09. The molecule has 0 spiro atoms. The van der Waals surface area contributed by atoms with E-state index in [1.54, 1.807) is 0 Å². The number of Topliss-reactive ketones (excluding diaryl/α,β-unsaturated/α-hetero) is 1. The molecule has 0 unspecified atom stereocenters. The van der Waals surface area contributed by atoms with Crippen molar-refractivity contribution >= 4 is 5.78 Å². The van der Waals surface area contributed by atoms with E-state index in [0.717, 1.165) is 25.2 Å². The Balaban J connectivity index is 1.79. The second kappa shape index (κ2) is 3.67. The van der Waals surface area contributed by atoms with Gasteiger partial charge in [-0.05, 0) is 49.9 Å². The summed E-state index contributed by atoms with van der Waals surface area (Å²) in [5.41, 5.74) is 0.496. The van der Waals surface area contributed by atoms with Gasteiger partial charge in [-0.1, -0.05) is 13.8 Å². The molecule has 2 aliphatic carbocycles. The summed E-state index contributed by atoms with van der Waals surface area (Å²) in [5, 5.41) is 0. The predicted octanol–water partition coefficient (Wildman–Crippen LogP) is 3.57. The Kier molecular flexibility index (Phi) is 2.68. The van der Waals surface area contributed by atoms with Gasteiger partial charge in [0.25, 0.3) is 0 Å². The molecule has 2 aliphatic rings. The van der Waals surface area contributed by atoms with Gasteiger partial charge in [-0.2, -0.15) is 0 Å². The van der Waals surface area contributed by atoms with Crippen molar-refractivity contribution in [1.29, 1.82) is 0 Å². The summed E-state index contributed by atoms with van der Waals surface area (Å²) in [6.45, 7) is 4.66. The molecule has 1 nitrogen and oxygen atoms in total. The smallest absolute Gasteiger partial charge is 0.136 e. The maximum absolute atomic E-state index is 11.9. The summed E-state index contributed by atoms with van der Waals surface area (Å²) in [6, 6.07) is 0. The van der Waals surface area contributed by atoms with E-state index in [2.05, 4.69) is 13.8 Å². The molecule has 0 aromatic rings. The topological polar surface area (TPSA) is 17.1 Å². The third-order valence-corrected chi connectivity index (χ3v) is 3.98. The van der Waals surface area contributed by atoms with Crippen LogP contribution in [0.15, 0.2) is 0 Å². The first-order chi connectivity index (χ1) is 6.57. The minimum absolute atomic E-state index is 0.420. The van der Waals surface area contributed by atoms with Gasteiger partial charge in [0.1, 0.15) is 5.78 Å². The number of rotatable bonds is 3. The van der Waals surface area contributed by atoms with E-state index in [-0.39, 0.29) is 0 Å². The average Bonchev–Trinajstić information content (AvgIpc) is 2.88. The van der Waals surface area contributed by atoms with Crippen LogP contribution in [0.3, 0.4) is 0 Å². The highest BCUT2D eigenvalue weighted by atomic mass is 16.1. The molecular weight excluding hydrogens is 172 g/mol. The van der Waals surface area contributed by atoms with Crippen LogP contribution in [0.2, 0.25) is 0 Å². The Bertz CT molecular complexity index is 215. The van der Waals surface area contributed by atoms with Crippen LogP contribution in [-0.4, -0.2) is 5.78 Å². The molecule has 0 radical (unpaired) electrons. The average molecular weight is 194 g/mol. The highest BCUT2D eigenvalue weighted by Gasteiger charge is 2.33. The molecule has 2 saturated carbocycles. The summed E-state index contributed by atoms with van der Waals surface area (Å²) < 4.78 is 0. The second-order valence-electron chi connectivity index (χ2n) is 6.05. The zero-order valence-corrected chi connectivity index (χ0v) is 9.51. The molecule has 0 saturated heterocycles. The van der Waals surface area contributed by atoms with Crippen LogP contribution in [-0.2, 0) is 4.79 Å². The van der Waals surface area contributed by atoms with Crippen molar-refractivity contribution in [1.82, 2.24) is 0 Å². The molecule has 14 heavy (non-hydrogen) atoms. The van der Waals surface area contributed by atoms with Crippen LogP contribution in [0.25, 0.3) is 0 Å². The molecule has 2 rings (SSSR count). The Hall–Kier alpha value is -0.330. The van der Waals surface area contributed by atoms with Gasteiger partial charge in [0, 0.05) is 12.3 Å². The summed E-state index contributed by atoms with van der Waals surface area (Å²) in [7, 11) is 0. The van der Waals surface area contributed by atoms with E-state index >= 15 is 0 Å².